The number of benzene rings is 1. The molecule has 0 radical (unpaired) electrons. The number of nitrogens with zero attached hydrogens (tertiary/aromatic N) is 2. The van der Waals surface area contributed by atoms with Crippen LogP contribution in [0.4, 0.5) is 0 Å². The summed E-state index contributed by atoms with van der Waals surface area (Å²) in [5, 5.41) is 0. The minimum Gasteiger partial charge on any atom is -0.461 e. The number of likely N-dealkylation sites (N-methyl/N-ethyl adjacent to an activating group) is 1. The Labute approximate surface area is 163 Å². The van der Waals surface area contributed by atoms with Crippen LogP contribution in [0.1, 0.15) is 18.4 Å². The van der Waals surface area contributed by atoms with E-state index in [4.69, 9.17) is 10.5 Å². The highest BCUT2D eigenvalue weighted by molar-refractivity contribution is 5.93. The SMILES string of the molecule is CN1CC(=C=O)N(C(=O)CN)C(CCC(=O)OCc2ccccc2)C1=O.Cl. The minimum atomic E-state index is -0.967. The first-order valence-electron chi connectivity index (χ1n) is 8.18. The van der Waals surface area contributed by atoms with E-state index in [-0.39, 0.29) is 56.5 Å². The van der Waals surface area contributed by atoms with Crippen LogP contribution in [0.3, 0.4) is 0 Å². The Bertz CT molecular complexity index is 734. The lowest BCUT2D eigenvalue weighted by atomic mass is 10.0. The first kappa shape index (κ1) is 22.4. The topological polar surface area (TPSA) is 110 Å². The summed E-state index contributed by atoms with van der Waals surface area (Å²) in [6.07, 6.45) is -0.0364. The van der Waals surface area contributed by atoms with E-state index in [1.165, 1.54) is 11.9 Å². The van der Waals surface area contributed by atoms with Gasteiger partial charge in [-0.2, -0.15) is 0 Å². The number of amides is 2. The van der Waals surface area contributed by atoms with Crippen molar-refractivity contribution in [2.24, 2.45) is 5.73 Å². The van der Waals surface area contributed by atoms with E-state index in [0.717, 1.165) is 10.5 Å². The Morgan fingerprint density at radius 2 is 1.96 bits per heavy atom. The maximum atomic E-state index is 12.4. The molecule has 1 atom stereocenters. The summed E-state index contributed by atoms with van der Waals surface area (Å²) in [4.78, 5) is 50.0. The van der Waals surface area contributed by atoms with Crippen molar-refractivity contribution >= 4 is 36.1 Å². The van der Waals surface area contributed by atoms with E-state index in [9.17, 15) is 19.2 Å². The van der Waals surface area contributed by atoms with Gasteiger partial charge in [-0.05, 0) is 12.0 Å². The number of esters is 1. The van der Waals surface area contributed by atoms with Crippen LogP contribution in [-0.4, -0.2) is 59.7 Å². The minimum absolute atomic E-state index is 0. The molecule has 9 heteroatoms. The Kier molecular flexibility index (Phi) is 8.68. The molecule has 1 aliphatic rings. The first-order chi connectivity index (χ1) is 12.5. The first-order valence-corrected chi connectivity index (χ1v) is 8.18. The van der Waals surface area contributed by atoms with Crippen molar-refractivity contribution in [1.29, 1.82) is 0 Å². The van der Waals surface area contributed by atoms with Gasteiger partial charge in [0.25, 0.3) is 0 Å². The lowest BCUT2D eigenvalue weighted by molar-refractivity contribution is -0.149. The smallest absolute Gasteiger partial charge is 0.306 e. The van der Waals surface area contributed by atoms with Crippen LogP contribution < -0.4 is 5.73 Å². The lowest BCUT2D eigenvalue weighted by Crippen LogP contribution is -2.57. The zero-order chi connectivity index (χ0) is 19.1. The molecule has 1 saturated heterocycles. The van der Waals surface area contributed by atoms with Gasteiger partial charge in [0, 0.05) is 13.5 Å². The molecule has 1 heterocycles. The monoisotopic (exact) mass is 395 g/mol. The standard InChI is InChI=1S/C18H21N3O5.ClH/c1-20-10-14(11-22)21(16(23)9-19)15(18(20)25)7-8-17(24)26-12-13-5-3-2-4-6-13;/h2-6,15H,7-10,12,19H2,1H3;1H. The van der Waals surface area contributed by atoms with Gasteiger partial charge in [-0.15, -0.1) is 12.4 Å². The Morgan fingerprint density at radius 3 is 2.56 bits per heavy atom. The molecule has 1 unspecified atom stereocenters. The summed E-state index contributed by atoms with van der Waals surface area (Å²) >= 11 is 0. The normalized spacial score (nSPS) is 16.4. The van der Waals surface area contributed by atoms with Gasteiger partial charge < -0.3 is 15.4 Å². The predicted octanol–water partition coefficient (Wildman–Crippen LogP) is 0.275. The number of carbonyl (C=O) groups excluding carboxylic acids is 4. The summed E-state index contributed by atoms with van der Waals surface area (Å²) in [5.41, 5.74) is 6.26. The maximum Gasteiger partial charge on any atom is 0.306 e. The molecule has 0 spiro atoms. The van der Waals surface area contributed by atoms with Gasteiger partial charge in [0.2, 0.25) is 11.8 Å². The van der Waals surface area contributed by atoms with E-state index in [0.29, 0.717) is 0 Å². The predicted molar refractivity (Wildman–Crippen MR) is 99.3 cm³/mol. The second-order valence-corrected chi connectivity index (χ2v) is 5.91. The molecule has 1 fully saturated rings. The number of piperazine rings is 1. The number of carbonyl (C=O) groups is 3. The van der Waals surface area contributed by atoms with E-state index in [1.54, 1.807) is 5.94 Å². The summed E-state index contributed by atoms with van der Waals surface area (Å²) < 4.78 is 5.18. The highest BCUT2D eigenvalue weighted by Gasteiger charge is 2.39. The molecular formula is C18H22ClN3O5. The van der Waals surface area contributed by atoms with Crippen molar-refractivity contribution < 1.29 is 23.9 Å². The van der Waals surface area contributed by atoms with Crippen LogP contribution in [0.5, 0.6) is 0 Å². The van der Waals surface area contributed by atoms with Crippen molar-refractivity contribution in [3.8, 4) is 0 Å². The molecule has 2 amide bonds. The van der Waals surface area contributed by atoms with Gasteiger partial charge in [-0.25, -0.2) is 4.79 Å². The van der Waals surface area contributed by atoms with Crippen LogP contribution in [0.2, 0.25) is 0 Å². The number of hydrogen-bond donors (Lipinski definition) is 1. The molecule has 0 aromatic heterocycles. The second kappa shape index (κ2) is 10.5. The van der Waals surface area contributed by atoms with Gasteiger partial charge >= 0.3 is 5.97 Å². The highest BCUT2D eigenvalue weighted by atomic mass is 35.5. The van der Waals surface area contributed by atoms with Crippen molar-refractivity contribution in [3.05, 3.63) is 41.6 Å². The Hall–Kier alpha value is -2.67. The molecule has 0 bridgehead atoms. The van der Waals surface area contributed by atoms with Crippen molar-refractivity contribution in [2.45, 2.75) is 25.5 Å². The lowest BCUT2D eigenvalue weighted by Gasteiger charge is -2.39. The number of halogens is 1. The zero-order valence-corrected chi connectivity index (χ0v) is 15.7. The molecule has 27 heavy (non-hydrogen) atoms. The third-order valence-corrected chi connectivity index (χ3v) is 4.08. The molecule has 2 N–H and O–H groups in total. The fourth-order valence-electron chi connectivity index (χ4n) is 2.75. The third-order valence-electron chi connectivity index (χ3n) is 4.08. The van der Waals surface area contributed by atoms with Gasteiger partial charge in [-0.1, -0.05) is 30.3 Å². The summed E-state index contributed by atoms with van der Waals surface area (Å²) in [6.45, 7) is -0.247. The molecule has 1 aromatic carbocycles. The average molecular weight is 396 g/mol. The Morgan fingerprint density at radius 1 is 1.30 bits per heavy atom. The van der Waals surface area contributed by atoms with E-state index in [1.807, 2.05) is 30.3 Å². The molecule has 0 saturated carbocycles. The van der Waals surface area contributed by atoms with E-state index < -0.39 is 17.9 Å². The highest BCUT2D eigenvalue weighted by Crippen LogP contribution is 2.21. The summed E-state index contributed by atoms with van der Waals surface area (Å²) in [5.74, 6) is 0.275. The van der Waals surface area contributed by atoms with Crippen molar-refractivity contribution in [1.82, 2.24) is 9.80 Å². The summed E-state index contributed by atoms with van der Waals surface area (Å²) in [7, 11) is 1.52. The number of nitrogens with two attached hydrogens (primary N) is 1. The Balaban J connectivity index is 0.00000364. The van der Waals surface area contributed by atoms with Crippen molar-refractivity contribution in [3.63, 3.8) is 0 Å². The van der Waals surface area contributed by atoms with Crippen LogP contribution in [0, 0.1) is 0 Å². The number of rotatable bonds is 6. The van der Waals surface area contributed by atoms with Gasteiger partial charge in [0.05, 0.1) is 13.1 Å². The molecule has 1 aliphatic heterocycles. The third kappa shape index (κ3) is 5.65. The molecule has 1 aromatic rings. The molecule has 0 aliphatic carbocycles. The van der Waals surface area contributed by atoms with Gasteiger partial charge in [0.1, 0.15) is 24.3 Å². The number of hydrogen-bond acceptors (Lipinski definition) is 6. The largest absolute Gasteiger partial charge is 0.461 e. The molecule has 2 rings (SSSR count). The maximum absolute atomic E-state index is 12.4. The molecule has 8 nitrogen and oxygen atoms in total. The second-order valence-electron chi connectivity index (χ2n) is 5.91. The summed E-state index contributed by atoms with van der Waals surface area (Å²) in [6, 6.07) is 8.22. The van der Waals surface area contributed by atoms with Crippen molar-refractivity contribution in [2.75, 3.05) is 20.1 Å². The average Bonchev–Trinajstić information content (AvgIpc) is 2.67. The fraction of sp³-hybridized carbons (Fsp3) is 0.389. The quantitative estimate of drug-likeness (QED) is 0.547. The van der Waals surface area contributed by atoms with Gasteiger partial charge in [0.15, 0.2) is 0 Å². The van der Waals surface area contributed by atoms with E-state index >= 15 is 0 Å². The van der Waals surface area contributed by atoms with Gasteiger partial charge in [-0.3, -0.25) is 19.3 Å². The van der Waals surface area contributed by atoms with Crippen LogP contribution in [0.25, 0.3) is 0 Å². The number of ether oxygens (including phenoxy) is 1. The van der Waals surface area contributed by atoms with Crippen LogP contribution in [0.15, 0.2) is 36.0 Å². The molecule has 146 valence electrons. The molecular weight excluding hydrogens is 374 g/mol. The zero-order valence-electron chi connectivity index (χ0n) is 14.9. The fourth-order valence-corrected chi connectivity index (χ4v) is 2.75. The van der Waals surface area contributed by atoms with E-state index in [2.05, 4.69) is 0 Å². The van der Waals surface area contributed by atoms with Crippen LogP contribution in [-0.2, 0) is 30.5 Å². The van der Waals surface area contributed by atoms with Crippen LogP contribution >= 0.6 is 12.4 Å².